The topological polar surface area (TPSA) is 66.7 Å². The number of fused-ring (bicyclic) bond motifs is 2. The van der Waals surface area contributed by atoms with Crippen LogP contribution in [0, 0.1) is 5.41 Å². The monoisotopic (exact) mass is 211 g/mol. The fourth-order valence-corrected chi connectivity index (χ4v) is 1.88. The number of carbonyl (C=O) groups excluding carboxylic acids is 1. The first-order chi connectivity index (χ1) is 7.75. The summed E-state index contributed by atoms with van der Waals surface area (Å²) >= 11 is 0. The number of hydrogen-bond donors (Lipinski definition) is 1. The van der Waals surface area contributed by atoms with E-state index in [9.17, 15) is 4.79 Å². The molecule has 1 aromatic carbocycles. The molecule has 1 aliphatic rings. The van der Waals surface area contributed by atoms with Gasteiger partial charge in [-0.1, -0.05) is 12.1 Å². The van der Waals surface area contributed by atoms with Crippen LogP contribution in [0.1, 0.15) is 29.0 Å². The van der Waals surface area contributed by atoms with Crippen molar-refractivity contribution in [1.82, 2.24) is 9.97 Å². The summed E-state index contributed by atoms with van der Waals surface area (Å²) in [6.45, 7) is 0. The van der Waals surface area contributed by atoms with Gasteiger partial charge in [0.1, 0.15) is 11.4 Å². The van der Waals surface area contributed by atoms with E-state index in [2.05, 4.69) is 9.97 Å². The van der Waals surface area contributed by atoms with Crippen LogP contribution in [0.15, 0.2) is 24.3 Å². The zero-order valence-corrected chi connectivity index (χ0v) is 8.53. The second-order valence-electron chi connectivity index (χ2n) is 3.81. The van der Waals surface area contributed by atoms with Gasteiger partial charge in [0.2, 0.25) is 0 Å². The summed E-state index contributed by atoms with van der Waals surface area (Å²) in [5, 5.41) is 7.78. The Bertz CT molecular complexity index is 564. The number of rotatable bonds is 0. The average Bonchev–Trinajstić information content (AvgIpc) is 2.32. The van der Waals surface area contributed by atoms with Gasteiger partial charge in [0.25, 0.3) is 0 Å². The Morgan fingerprint density at radius 3 is 2.31 bits per heavy atom. The van der Waals surface area contributed by atoms with Gasteiger partial charge in [-0.05, 0) is 18.6 Å². The predicted molar refractivity (Wildman–Crippen MR) is 59.9 cm³/mol. The Morgan fingerprint density at radius 2 is 1.62 bits per heavy atom. The van der Waals surface area contributed by atoms with Gasteiger partial charge < -0.3 is 5.41 Å². The molecule has 0 bridgehead atoms. The standard InChI is InChI=1S/C12H9N3O/c13-7-5-6-10(16)12-11(7)14-8-3-1-2-4-9(8)15-12/h1-4,13H,5-6H2. The molecule has 3 rings (SSSR count). The Balaban J connectivity index is 2.37. The summed E-state index contributed by atoms with van der Waals surface area (Å²) in [6, 6.07) is 7.41. The van der Waals surface area contributed by atoms with Gasteiger partial charge >= 0.3 is 0 Å². The summed E-state index contributed by atoms with van der Waals surface area (Å²) in [5.41, 5.74) is 2.67. The summed E-state index contributed by atoms with van der Waals surface area (Å²) in [5.74, 6) is -0.00995. The normalized spacial score (nSPS) is 15.2. The van der Waals surface area contributed by atoms with Crippen molar-refractivity contribution in [3.63, 3.8) is 0 Å². The molecule has 0 amide bonds. The lowest BCUT2D eigenvalue weighted by Crippen LogP contribution is -2.20. The molecule has 0 spiro atoms. The Morgan fingerprint density at radius 1 is 1.00 bits per heavy atom. The van der Waals surface area contributed by atoms with Crippen molar-refractivity contribution >= 4 is 22.5 Å². The first-order valence-corrected chi connectivity index (χ1v) is 5.13. The zero-order chi connectivity index (χ0) is 11.1. The van der Waals surface area contributed by atoms with Crippen LogP contribution >= 0.6 is 0 Å². The second kappa shape index (κ2) is 3.20. The molecule has 2 aromatic rings. The van der Waals surface area contributed by atoms with Gasteiger partial charge in [-0.2, -0.15) is 0 Å². The number of para-hydroxylation sites is 2. The van der Waals surface area contributed by atoms with Gasteiger partial charge in [0.15, 0.2) is 5.78 Å². The summed E-state index contributed by atoms with van der Waals surface area (Å²) in [4.78, 5) is 20.3. The van der Waals surface area contributed by atoms with Crippen molar-refractivity contribution in [1.29, 1.82) is 5.41 Å². The van der Waals surface area contributed by atoms with Crippen molar-refractivity contribution in [2.75, 3.05) is 0 Å². The number of nitrogens with one attached hydrogen (secondary N) is 1. The minimum absolute atomic E-state index is 0.00995. The molecule has 4 heteroatoms. The van der Waals surface area contributed by atoms with Gasteiger partial charge in [-0.3, -0.25) is 4.79 Å². The van der Waals surface area contributed by atoms with E-state index in [0.29, 0.717) is 35.5 Å². The summed E-state index contributed by atoms with van der Waals surface area (Å²) < 4.78 is 0. The molecule has 4 nitrogen and oxygen atoms in total. The first-order valence-electron chi connectivity index (χ1n) is 5.13. The molecule has 0 unspecified atom stereocenters. The van der Waals surface area contributed by atoms with Gasteiger partial charge in [-0.25, -0.2) is 9.97 Å². The van der Waals surface area contributed by atoms with E-state index in [1.807, 2.05) is 24.3 Å². The van der Waals surface area contributed by atoms with E-state index in [-0.39, 0.29) is 5.78 Å². The van der Waals surface area contributed by atoms with Crippen molar-refractivity contribution < 1.29 is 4.79 Å². The van der Waals surface area contributed by atoms with E-state index in [4.69, 9.17) is 5.41 Å². The molecule has 0 aliphatic heterocycles. The smallest absolute Gasteiger partial charge is 0.183 e. The number of aromatic nitrogens is 2. The quantitative estimate of drug-likeness (QED) is 0.724. The fourth-order valence-electron chi connectivity index (χ4n) is 1.88. The number of benzene rings is 1. The third-order valence-electron chi connectivity index (χ3n) is 2.72. The molecule has 0 fully saturated rings. The zero-order valence-electron chi connectivity index (χ0n) is 8.53. The largest absolute Gasteiger partial charge is 0.303 e. The molecule has 0 radical (unpaired) electrons. The lowest BCUT2D eigenvalue weighted by Gasteiger charge is -2.14. The number of hydrogen-bond acceptors (Lipinski definition) is 4. The number of Topliss-reactive ketones (excluding diaryl/α,β-unsaturated/α-hetero) is 1. The molecule has 1 heterocycles. The fraction of sp³-hybridized carbons (Fsp3) is 0.167. The van der Waals surface area contributed by atoms with Crippen LogP contribution in [-0.2, 0) is 0 Å². The van der Waals surface area contributed by atoms with Gasteiger partial charge in [0, 0.05) is 6.42 Å². The predicted octanol–water partition coefficient (Wildman–Crippen LogP) is 1.97. The third kappa shape index (κ3) is 1.23. The van der Waals surface area contributed by atoms with Crippen LogP contribution in [0.3, 0.4) is 0 Å². The lowest BCUT2D eigenvalue weighted by molar-refractivity contribution is 0.0976. The highest BCUT2D eigenvalue weighted by Gasteiger charge is 2.24. The van der Waals surface area contributed by atoms with Crippen LogP contribution in [0.5, 0.6) is 0 Å². The van der Waals surface area contributed by atoms with Gasteiger partial charge in [0.05, 0.1) is 16.7 Å². The van der Waals surface area contributed by atoms with Crippen LogP contribution < -0.4 is 0 Å². The maximum Gasteiger partial charge on any atom is 0.183 e. The molecule has 1 N–H and O–H groups in total. The Kier molecular flexibility index (Phi) is 1.83. The molecule has 0 saturated heterocycles. The Labute approximate surface area is 91.9 Å². The van der Waals surface area contributed by atoms with Crippen molar-refractivity contribution in [2.45, 2.75) is 12.8 Å². The van der Waals surface area contributed by atoms with Crippen LogP contribution in [0.2, 0.25) is 0 Å². The van der Waals surface area contributed by atoms with E-state index in [1.54, 1.807) is 0 Å². The van der Waals surface area contributed by atoms with Crippen molar-refractivity contribution in [3.8, 4) is 0 Å². The first kappa shape index (κ1) is 9.15. The number of carbonyl (C=O) groups is 1. The van der Waals surface area contributed by atoms with E-state index >= 15 is 0 Å². The highest BCUT2D eigenvalue weighted by Crippen LogP contribution is 2.20. The third-order valence-corrected chi connectivity index (χ3v) is 2.72. The van der Waals surface area contributed by atoms with E-state index < -0.39 is 0 Å². The molecule has 16 heavy (non-hydrogen) atoms. The minimum Gasteiger partial charge on any atom is -0.303 e. The molecule has 1 aliphatic carbocycles. The van der Waals surface area contributed by atoms with Crippen molar-refractivity contribution in [2.24, 2.45) is 0 Å². The molecular formula is C12H9N3O. The number of ketones is 1. The summed E-state index contributed by atoms with van der Waals surface area (Å²) in [7, 11) is 0. The van der Waals surface area contributed by atoms with E-state index in [1.165, 1.54) is 0 Å². The minimum atomic E-state index is -0.00995. The molecule has 0 saturated carbocycles. The highest BCUT2D eigenvalue weighted by atomic mass is 16.1. The maximum atomic E-state index is 11.7. The van der Waals surface area contributed by atoms with E-state index in [0.717, 1.165) is 5.52 Å². The molecular weight excluding hydrogens is 202 g/mol. The van der Waals surface area contributed by atoms with Crippen LogP contribution in [-0.4, -0.2) is 21.5 Å². The Hall–Kier alpha value is -2.10. The lowest BCUT2D eigenvalue weighted by atomic mass is 9.97. The number of nitrogens with zero attached hydrogens (tertiary/aromatic N) is 2. The molecule has 0 atom stereocenters. The van der Waals surface area contributed by atoms with Crippen LogP contribution in [0.25, 0.3) is 11.0 Å². The highest BCUT2D eigenvalue weighted by molar-refractivity contribution is 6.13. The van der Waals surface area contributed by atoms with Crippen molar-refractivity contribution in [3.05, 3.63) is 35.7 Å². The SMILES string of the molecule is N=C1CCC(=O)c2nc3ccccc3nc21. The molecule has 1 aromatic heterocycles. The molecule has 78 valence electrons. The van der Waals surface area contributed by atoms with Gasteiger partial charge in [-0.15, -0.1) is 0 Å². The maximum absolute atomic E-state index is 11.7. The average molecular weight is 211 g/mol. The van der Waals surface area contributed by atoms with Crippen LogP contribution in [0.4, 0.5) is 0 Å². The second-order valence-corrected chi connectivity index (χ2v) is 3.81. The summed E-state index contributed by atoms with van der Waals surface area (Å²) in [6.07, 6.45) is 0.845.